The Kier molecular flexibility index (Phi) is 4.62. The van der Waals surface area contributed by atoms with E-state index in [9.17, 15) is 4.79 Å². The van der Waals surface area contributed by atoms with E-state index in [1.165, 1.54) is 0 Å². The van der Waals surface area contributed by atoms with Gasteiger partial charge in [0.15, 0.2) is 17.3 Å². The average Bonchev–Trinajstić information content (AvgIpc) is 3.44. The van der Waals surface area contributed by atoms with Crippen LogP contribution in [0.2, 0.25) is 0 Å². The van der Waals surface area contributed by atoms with Gasteiger partial charge in [0.2, 0.25) is 0 Å². The standard InChI is InChI=1S/C22H19N7O2/c1-13(2)19-25-22(31-28-19)16-8-5-11-29-17(26-27-20(16)29)12-24-21(30)18-15-7-4-3-6-14(15)9-10-23-18/h3-11,13H,12H2,1-2H3,(H,24,30). The highest BCUT2D eigenvalue weighted by atomic mass is 16.5. The largest absolute Gasteiger partial charge is 0.343 e. The number of carbonyl (C=O) groups is 1. The maximum atomic E-state index is 12.8. The van der Waals surface area contributed by atoms with E-state index in [0.717, 1.165) is 10.8 Å². The van der Waals surface area contributed by atoms with Crippen LogP contribution in [0.15, 0.2) is 59.4 Å². The zero-order valence-corrected chi connectivity index (χ0v) is 17.0. The predicted octanol–water partition coefficient (Wildman–Crippen LogP) is 3.38. The van der Waals surface area contributed by atoms with Crippen molar-refractivity contribution in [2.24, 2.45) is 0 Å². The summed E-state index contributed by atoms with van der Waals surface area (Å²) in [4.78, 5) is 21.5. The van der Waals surface area contributed by atoms with Gasteiger partial charge >= 0.3 is 0 Å². The zero-order valence-electron chi connectivity index (χ0n) is 17.0. The van der Waals surface area contributed by atoms with Crippen LogP contribution in [0.3, 0.4) is 0 Å². The van der Waals surface area contributed by atoms with Crippen molar-refractivity contribution in [2.45, 2.75) is 26.3 Å². The lowest BCUT2D eigenvalue weighted by Gasteiger charge is -2.07. The minimum Gasteiger partial charge on any atom is -0.343 e. The second-order valence-corrected chi connectivity index (χ2v) is 7.41. The smallest absolute Gasteiger partial charge is 0.270 e. The summed E-state index contributed by atoms with van der Waals surface area (Å²) < 4.78 is 7.20. The van der Waals surface area contributed by atoms with Gasteiger partial charge in [0.25, 0.3) is 11.8 Å². The molecule has 1 amide bonds. The fourth-order valence-corrected chi connectivity index (χ4v) is 3.37. The molecular formula is C22H19N7O2. The Morgan fingerprint density at radius 1 is 1.13 bits per heavy atom. The van der Waals surface area contributed by atoms with Crippen molar-refractivity contribution in [3.63, 3.8) is 0 Å². The lowest BCUT2D eigenvalue weighted by atomic mass is 10.1. The summed E-state index contributed by atoms with van der Waals surface area (Å²) in [6.07, 6.45) is 3.46. The van der Waals surface area contributed by atoms with Crippen molar-refractivity contribution >= 4 is 22.3 Å². The first-order chi connectivity index (χ1) is 15.1. The minimum absolute atomic E-state index is 0.156. The van der Waals surface area contributed by atoms with E-state index in [1.807, 2.05) is 62.5 Å². The molecule has 1 N–H and O–H groups in total. The summed E-state index contributed by atoms with van der Waals surface area (Å²) in [5, 5.41) is 17.2. The highest BCUT2D eigenvalue weighted by Crippen LogP contribution is 2.24. The maximum Gasteiger partial charge on any atom is 0.270 e. The maximum absolute atomic E-state index is 12.8. The third kappa shape index (κ3) is 3.39. The second kappa shape index (κ2) is 7.60. The Balaban J connectivity index is 1.42. The zero-order chi connectivity index (χ0) is 21.4. The summed E-state index contributed by atoms with van der Waals surface area (Å²) in [7, 11) is 0. The molecule has 4 heterocycles. The quantitative estimate of drug-likeness (QED) is 0.470. The van der Waals surface area contributed by atoms with Crippen molar-refractivity contribution in [1.29, 1.82) is 0 Å². The van der Waals surface area contributed by atoms with Crippen molar-refractivity contribution in [3.05, 3.63) is 72.2 Å². The minimum atomic E-state index is -0.275. The van der Waals surface area contributed by atoms with Crippen LogP contribution >= 0.6 is 0 Å². The SMILES string of the molecule is CC(C)c1noc(-c2cccn3c(CNC(=O)c4nccc5ccccc45)nnc23)n1. The number of carbonyl (C=O) groups excluding carboxylic acids is 1. The molecule has 0 bridgehead atoms. The van der Waals surface area contributed by atoms with Gasteiger partial charge in [-0.1, -0.05) is 43.3 Å². The summed E-state index contributed by atoms with van der Waals surface area (Å²) >= 11 is 0. The highest BCUT2D eigenvalue weighted by Gasteiger charge is 2.18. The monoisotopic (exact) mass is 413 g/mol. The number of rotatable bonds is 5. The van der Waals surface area contributed by atoms with Crippen LogP contribution in [0.4, 0.5) is 0 Å². The molecule has 0 spiro atoms. The van der Waals surface area contributed by atoms with Gasteiger partial charge in [-0.15, -0.1) is 10.2 Å². The van der Waals surface area contributed by atoms with Gasteiger partial charge in [-0.3, -0.25) is 14.2 Å². The Hall–Kier alpha value is -4.14. The van der Waals surface area contributed by atoms with E-state index in [1.54, 1.807) is 10.6 Å². The number of pyridine rings is 2. The molecule has 0 unspecified atom stereocenters. The van der Waals surface area contributed by atoms with Crippen LogP contribution in [0, 0.1) is 0 Å². The number of hydrogen-bond acceptors (Lipinski definition) is 7. The summed E-state index contributed by atoms with van der Waals surface area (Å²) in [5.74, 6) is 1.48. The third-order valence-electron chi connectivity index (χ3n) is 4.99. The van der Waals surface area contributed by atoms with Crippen LogP contribution in [0.25, 0.3) is 27.9 Å². The molecular weight excluding hydrogens is 394 g/mol. The van der Waals surface area contributed by atoms with Crippen molar-refractivity contribution in [1.82, 2.24) is 35.0 Å². The molecule has 0 fully saturated rings. The summed E-state index contributed by atoms with van der Waals surface area (Å²) in [6, 6.07) is 13.2. The topological polar surface area (TPSA) is 111 Å². The molecule has 9 heteroatoms. The molecule has 5 aromatic rings. The van der Waals surface area contributed by atoms with Crippen molar-refractivity contribution in [2.75, 3.05) is 0 Å². The molecule has 0 atom stereocenters. The first-order valence-corrected chi connectivity index (χ1v) is 9.90. The normalized spacial score (nSPS) is 11.5. The van der Waals surface area contributed by atoms with Crippen LogP contribution in [-0.4, -0.2) is 35.6 Å². The highest BCUT2D eigenvalue weighted by molar-refractivity contribution is 6.05. The molecule has 0 aliphatic heterocycles. The number of aromatic nitrogens is 6. The molecule has 0 saturated heterocycles. The number of nitrogens with zero attached hydrogens (tertiary/aromatic N) is 6. The number of benzene rings is 1. The molecule has 154 valence electrons. The third-order valence-corrected chi connectivity index (χ3v) is 4.99. The average molecular weight is 413 g/mol. The molecule has 9 nitrogen and oxygen atoms in total. The molecule has 1 aromatic carbocycles. The van der Waals surface area contributed by atoms with E-state index in [-0.39, 0.29) is 18.4 Å². The van der Waals surface area contributed by atoms with Gasteiger partial charge in [-0.05, 0) is 23.6 Å². The fourth-order valence-electron chi connectivity index (χ4n) is 3.37. The van der Waals surface area contributed by atoms with E-state index in [2.05, 4.69) is 30.6 Å². The van der Waals surface area contributed by atoms with Crippen molar-refractivity contribution < 1.29 is 9.32 Å². The van der Waals surface area contributed by atoms with E-state index in [4.69, 9.17) is 4.52 Å². The number of nitrogens with one attached hydrogen (secondary N) is 1. The first-order valence-electron chi connectivity index (χ1n) is 9.90. The molecule has 5 rings (SSSR count). The van der Waals surface area contributed by atoms with E-state index >= 15 is 0 Å². The van der Waals surface area contributed by atoms with Gasteiger partial charge in [-0.25, -0.2) is 0 Å². The molecule has 0 radical (unpaired) electrons. The lowest BCUT2D eigenvalue weighted by molar-refractivity contribution is 0.0946. The van der Waals surface area contributed by atoms with Gasteiger partial charge in [0.05, 0.1) is 12.1 Å². The fraction of sp³-hybridized carbons (Fsp3) is 0.182. The second-order valence-electron chi connectivity index (χ2n) is 7.41. The van der Waals surface area contributed by atoms with Crippen LogP contribution in [-0.2, 0) is 6.54 Å². The number of hydrogen-bond donors (Lipinski definition) is 1. The van der Waals surface area contributed by atoms with E-state index in [0.29, 0.717) is 34.4 Å². The van der Waals surface area contributed by atoms with Gasteiger partial charge in [0, 0.05) is 23.7 Å². The van der Waals surface area contributed by atoms with Gasteiger partial charge < -0.3 is 9.84 Å². The Morgan fingerprint density at radius 2 is 2.00 bits per heavy atom. The number of fused-ring (bicyclic) bond motifs is 2. The Labute approximate surface area is 177 Å². The summed E-state index contributed by atoms with van der Waals surface area (Å²) in [5.41, 5.74) is 1.64. The number of amides is 1. The van der Waals surface area contributed by atoms with Gasteiger partial charge in [-0.2, -0.15) is 4.98 Å². The molecule has 0 aliphatic carbocycles. The Bertz CT molecular complexity index is 1400. The van der Waals surface area contributed by atoms with Crippen LogP contribution in [0.1, 0.15) is 41.9 Å². The van der Waals surface area contributed by atoms with Crippen molar-refractivity contribution in [3.8, 4) is 11.5 Å². The lowest BCUT2D eigenvalue weighted by Crippen LogP contribution is -2.25. The first kappa shape index (κ1) is 18.9. The Morgan fingerprint density at radius 3 is 2.84 bits per heavy atom. The molecule has 4 aromatic heterocycles. The predicted molar refractivity (Wildman–Crippen MR) is 113 cm³/mol. The molecule has 0 aliphatic rings. The van der Waals surface area contributed by atoms with Crippen LogP contribution in [0.5, 0.6) is 0 Å². The van der Waals surface area contributed by atoms with Crippen LogP contribution < -0.4 is 5.32 Å². The van der Waals surface area contributed by atoms with E-state index < -0.39 is 0 Å². The molecule has 0 saturated carbocycles. The van der Waals surface area contributed by atoms with Gasteiger partial charge in [0.1, 0.15) is 5.69 Å². The molecule has 31 heavy (non-hydrogen) atoms. The summed E-state index contributed by atoms with van der Waals surface area (Å²) in [6.45, 7) is 4.19.